The first-order valence-electron chi connectivity index (χ1n) is 6.02. The van der Waals surface area contributed by atoms with Gasteiger partial charge in [-0.15, -0.1) is 0 Å². The van der Waals surface area contributed by atoms with E-state index in [9.17, 15) is 22.0 Å². The number of hydrogen-bond acceptors (Lipinski definition) is 3. The maximum atomic E-state index is 13.6. The lowest BCUT2D eigenvalue weighted by Gasteiger charge is -2.10. The largest absolute Gasteiger partial charge is 0.478 e. The molecule has 0 saturated heterocycles. The molecule has 2 aromatic carbocycles. The molecule has 0 amide bonds. The lowest BCUT2D eigenvalue weighted by atomic mass is 10.2. The molecule has 0 spiro atoms. The predicted octanol–water partition coefficient (Wildman–Crippen LogP) is 2.77. The Hall–Kier alpha value is -2.48. The molecule has 2 aromatic rings. The number of carbonyl (C=O) groups is 1. The molecule has 5 nitrogen and oxygen atoms in total. The number of sulfonamides is 1. The Bertz CT molecular complexity index is 850. The number of carboxylic acid groups (broad SMARTS) is 1. The van der Waals surface area contributed by atoms with Crippen LogP contribution in [0.5, 0.6) is 0 Å². The third-order valence-electron chi connectivity index (χ3n) is 2.84. The normalized spacial score (nSPS) is 11.2. The van der Waals surface area contributed by atoms with Crippen molar-refractivity contribution in [2.45, 2.75) is 11.8 Å². The molecule has 22 heavy (non-hydrogen) atoms. The van der Waals surface area contributed by atoms with Gasteiger partial charge in [-0.25, -0.2) is 22.0 Å². The van der Waals surface area contributed by atoms with Gasteiger partial charge in [-0.2, -0.15) is 0 Å². The number of nitrogens with one attached hydrogen (secondary N) is 1. The van der Waals surface area contributed by atoms with Crippen molar-refractivity contribution >= 4 is 21.7 Å². The van der Waals surface area contributed by atoms with Crippen LogP contribution in [0.2, 0.25) is 0 Å². The van der Waals surface area contributed by atoms with Gasteiger partial charge in [-0.3, -0.25) is 4.72 Å². The highest BCUT2D eigenvalue weighted by Gasteiger charge is 2.20. The van der Waals surface area contributed by atoms with Crippen molar-refractivity contribution in [3.05, 3.63) is 59.2 Å². The molecule has 2 rings (SSSR count). The fourth-order valence-electron chi connectivity index (χ4n) is 1.76. The molecule has 0 atom stereocenters. The van der Waals surface area contributed by atoms with E-state index < -0.39 is 38.1 Å². The van der Waals surface area contributed by atoms with Gasteiger partial charge in [0.2, 0.25) is 0 Å². The summed E-state index contributed by atoms with van der Waals surface area (Å²) in [5.74, 6) is -3.45. The molecule has 0 aliphatic carbocycles. The number of halogens is 2. The van der Waals surface area contributed by atoms with Crippen LogP contribution in [0.1, 0.15) is 15.9 Å². The van der Waals surface area contributed by atoms with Crippen LogP contribution < -0.4 is 4.72 Å². The molecule has 0 aliphatic heterocycles. The van der Waals surface area contributed by atoms with E-state index in [1.165, 1.54) is 12.1 Å². The highest BCUT2D eigenvalue weighted by atomic mass is 32.2. The predicted molar refractivity (Wildman–Crippen MR) is 75.3 cm³/mol. The van der Waals surface area contributed by atoms with Crippen molar-refractivity contribution in [3.63, 3.8) is 0 Å². The van der Waals surface area contributed by atoms with Gasteiger partial charge in [-0.1, -0.05) is 6.07 Å². The summed E-state index contributed by atoms with van der Waals surface area (Å²) < 4.78 is 53.2. The van der Waals surface area contributed by atoms with E-state index >= 15 is 0 Å². The average molecular weight is 327 g/mol. The van der Waals surface area contributed by atoms with Gasteiger partial charge >= 0.3 is 5.97 Å². The summed E-state index contributed by atoms with van der Waals surface area (Å²) >= 11 is 0. The average Bonchev–Trinajstić information content (AvgIpc) is 2.42. The number of rotatable bonds is 4. The van der Waals surface area contributed by atoms with E-state index in [1.54, 1.807) is 6.92 Å². The highest BCUT2D eigenvalue weighted by molar-refractivity contribution is 7.92. The smallest absolute Gasteiger partial charge is 0.338 e. The molecule has 0 unspecified atom stereocenters. The standard InChI is InChI=1S/C14H11F2NO4S/c1-8-2-4-12(16)13(6-8)17-22(20,21)9-3-5-11(15)10(7-9)14(18)19/h2-7,17H,1H3,(H,18,19). The van der Waals surface area contributed by atoms with Crippen LogP contribution in [0.25, 0.3) is 0 Å². The molecular formula is C14H11F2NO4S. The Morgan fingerprint density at radius 3 is 2.36 bits per heavy atom. The minimum Gasteiger partial charge on any atom is -0.478 e. The number of carboxylic acids is 1. The van der Waals surface area contributed by atoms with Gasteiger partial charge in [0, 0.05) is 0 Å². The number of hydrogen-bond donors (Lipinski definition) is 2. The van der Waals surface area contributed by atoms with Crippen LogP contribution in [-0.2, 0) is 10.0 Å². The minimum absolute atomic E-state index is 0.277. The van der Waals surface area contributed by atoms with Crippen molar-refractivity contribution in [2.75, 3.05) is 4.72 Å². The Balaban J connectivity index is 2.45. The second-order valence-electron chi connectivity index (χ2n) is 4.54. The summed E-state index contributed by atoms with van der Waals surface area (Å²) in [6, 6.07) is 6.15. The summed E-state index contributed by atoms with van der Waals surface area (Å²) in [4.78, 5) is 10.4. The second-order valence-corrected chi connectivity index (χ2v) is 6.22. The Labute approximate surface area is 125 Å². The van der Waals surface area contributed by atoms with Crippen molar-refractivity contribution in [1.82, 2.24) is 0 Å². The van der Waals surface area contributed by atoms with E-state index in [4.69, 9.17) is 5.11 Å². The van der Waals surface area contributed by atoms with Crippen LogP contribution in [0.15, 0.2) is 41.3 Å². The quantitative estimate of drug-likeness (QED) is 0.904. The third kappa shape index (κ3) is 3.22. The van der Waals surface area contributed by atoms with Gasteiger partial charge in [0.1, 0.15) is 11.6 Å². The molecule has 0 bridgehead atoms. The minimum atomic E-state index is -4.25. The molecule has 0 fully saturated rings. The van der Waals surface area contributed by atoms with Crippen LogP contribution in [0.4, 0.5) is 14.5 Å². The Morgan fingerprint density at radius 1 is 1.09 bits per heavy atom. The van der Waals surface area contributed by atoms with Gasteiger partial charge in [0.25, 0.3) is 10.0 Å². The number of aryl methyl sites for hydroxylation is 1. The maximum absolute atomic E-state index is 13.6. The van der Waals surface area contributed by atoms with Crippen molar-refractivity contribution < 1.29 is 27.1 Å². The molecule has 116 valence electrons. The summed E-state index contributed by atoms with van der Waals surface area (Å²) in [7, 11) is -4.25. The van der Waals surface area contributed by atoms with Crippen LogP contribution >= 0.6 is 0 Å². The second kappa shape index (κ2) is 5.72. The van der Waals surface area contributed by atoms with Gasteiger partial charge in [0.15, 0.2) is 0 Å². The van der Waals surface area contributed by atoms with Gasteiger partial charge < -0.3 is 5.11 Å². The first-order valence-corrected chi connectivity index (χ1v) is 7.51. The lowest BCUT2D eigenvalue weighted by Crippen LogP contribution is -2.15. The van der Waals surface area contributed by atoms with Gasteiger partial charge in [-0.05, 0) is 42.8 Å². The first-order chi connectivity index (χ1) is 10.2. The van der Waals surface area contributed by atoms with E-state index in [0.717, 1.165) is 18.2 Å². The number of aromatic carboxylic acids is 1. The Morgan fingerprint density at radius 2 is 1.73 bits per heavy atom. The Kier molecular flexibility index (Phi) is 4.14. The zero-order chi connectivity index (χ0) is 16.5. The molecule has 0 heterocycles. The van der Waals surface area contributed by atoms with Crippen molar-refractivity contribution in [1.29, 1.82) is 0 Å². The topological polar surface area (TPSA) is 83.5 Å². The number of benzene rings is 2. The molecular weight excluding hydrogens is 316 g/mol. The summed E-state index contributed by atoms with van der Waals surface area (Å²) in [6.07, 6.45) is 0. The zero-order valence-corrected chi connectivity index (χ0v) is 12.1. The van der Waals surface area contributed by atoms with Crippen molar-refractivity contribution in [3.8, 4) is 0 Å². The monoisotopic (exact) mass is 327 g/mol. The summed E-state index contributed by atoms with van der Waals surface area (Å²) in [6.45, 7) is 1.65. The SMILES string of the molecule is Cc1ccc(F)c(NS(=O)(=O)c2ccc(F)c(C(=O)O)c2)c1. The van der Waals surface area contributed by atoms with Crippen LogP contribution in [-0.4, -0.2) is 19.5 Å². The highest BCUT2D eigenvalue weighted by Crippen LogP contribution is 2.22. The third-order valence-corrected chi connectivity index (χ3v) is 4.21. The van der Waals surface area contributed by atoms with E-state index in [-0.39, 0.29) is 5.69 Å². The van der Waals surface area contributed by atoms with Gasteiger partial charge in [0.05, 0.1) is 16.1 Å². The molecule has 0 aliphatic rings. The maximum Gasteiger partial charge on any atom is 0.338 e. The fraction of sp³-hybridized carbons (Fsp3) is 0.0714. The van der Waals surface area contributed by atoms with E-state index in [0.29, 0.717) is 11.6 Å². The first kappa shape index (κ1) is 15.9. The molecule has 0 saturated carbocycles. The molecule has 8 heteroatoms. The lowest BCUT2D eigenvalue weighted by molar-refractivity contribution is 0.0691. The van der Waals surface area contributed by atoms with E-state index in [1.807, 2.05) is 4.72 Å². The summed E-state index contributed by atoms with van der Waals surface area (Å²) in [5.41, 5.74) is -0.432. The van der Waals surface area contributed by atoms with Crippen LogP contribution in [0.3, 0.4) is 0 Å². The van der Waals surface area contributed by atoms with E-state index in [2.05, 4.69) is 0 Å². The molecule has 2 N–H and O–H groups in total. The zero-order valence-electron chi connectivity index (χ0n) is 11.3. The molecule has 0 radical (unpaired) electrons. The van der Waals surface area contributed by atoms with Crippen molar-refractivity contribution in [2.24, 2.45) is 0 Å². The summed E-state index contributed by atoms with van der Waals surface area (Å²) in [5, 5.41) is 8.81. The van der Waals surface area contributed by atoms with Crippen LogP contribution in [0, 0.1) is 18.6 Å². The number of anilines is 1. The fourth-order valence-corrected chi connectivity index (χ4v) is 2.84. The molecule has 0 aromatic heterocycles.